The maximum absolute atomic E-state index is 12.2. The number of halogens is 2. The number of ether oxygens (including phenoxy) is 1. The van der Waals surface area contributed by atoms with Crippen molar-refractivity contribution < 1.29 is 18.3 Å². The molecule has 0 spiro atoms. The summed E-state index contributed by atoms with van der Waals surface area (Å²) >= 11 is 0. The van der Waals surface area contributed by atoms with Gasteiger partial charge >= 0.3 is 6.61 Å². The fraction of sp³-hybridized carbons (Fsp3) is 0.333. The minimum Gasteiger partial charge on any atom is -0.434 e. The Kier molecular flexibility index (Phi) is 4.60. The molecule has 4 nitrogen and oxygen atoms in total. The van der Waals surface area contributed by atoms with Gasteiger partial charge in [0.1, 0.15) is 12.3 Å². The zero-order chi connectivity index (χ0) is 13.7. The highest BCUT2D eigenvalue weighted by atomic mass is 19.3. The molecule has 1 amide bonds. The Morgan fingerprint density at radius 3 is 2.44 bits per heavy atom. The van der Waals surface area contributed by atoms with Gasteiger partial charge in [0.05, 0.1) is 6.07 Å². The average molecular weight is 254 g/mol. The molecule has 96 valence electrons. The van der Waals surface area contributed by atoms with E-state index in [-0.39, 0.29) is 12.3 Å². The zero-order valence-electron chi connectivity index (χ0n) is 9.96. The van der Waals surface area contributed by atoms with E-state index in [2.05, 4.69) is 10.1 Å². The number of carbonyl (C=O) groups is 1. The van der Waals surface area contributed by atoms with Crippen LogP contribution < -0.4 is 10.1 Å². The molecular formula is C12H12F2N2O2. The van der Waals surface area contributed by atoms with Crippen LogP contribution in [-0.4, -0.2) is 19.1 Å². The Balaban J connectivity index is 2.99. The number of nitrogens with zero attached hydrogens (tertiary/aromatic N) is 1. The van der Waals surface area contributed by atoms with Crippen molar-refractivity contribution >= 4 is 5.91 Å². The van der Waals surface area contributed by atoms with Gasteiger partial charge in [-0.25, -0.2) is 0 Å². The van der Waals surface area contributed by atoms with Crippen molar-refractivity contribution in [2.24, 2.45) is 0 Å². The molecule has 0 bridgehead atoms. The number of benzene rings is 1. The summed E-state index contributed by atoms with van der Waals surface area (Å²) in [5.74, 6) is -0.354. The number of nitrogens with one attached hydrogen (secondary N) is 1. The lowest BCUT2D eigenvalue weighted by atomic mass is 10.1. The molecule has 0 saturated heterocycles. The van der Waals surface area contributed by atoms with Crippen LogP contribution in [0.1, 0.15) is 21.5 Å². The van der Waals surface area contributed by atoms with Gasteiger partial charge < -0.3 is 10.1 Å². The molecule has 1 aromatic carbocycles. The van der Waals surface area contributed by atoms with E-state index >= 15 is 0 Å². The highest BCUT2D eigenvalue weighted by Crippen LogP contribution is 2.26. The quantitative estimate of drug-likeness (QED) is 0.837. The minimum absolute atomic E-state index is 0.0711. The fourth-order valence-corrected chi connectivity index (χ4v) is 1.58. The second kappa shape index (κ2) is 5.96. The summed E-state index contributed by atoms with van der Waals surface area (Å²) in [4.78, 5) is 11.6. The summed E-state index contributed by atoms with van der Waals surface area (Å²) in [6, 6.07) is 4.66. The van der Waals surface area contributed by atoms with Crippen LogP contribution in [0.5, 0.6) is 5.75 Å². The van der Waals surface area contributed by atoms with Gasteiger partial charge in [-0.1, -0.05) is 0 Å². The number of hydrogen-bond acceptors (Lipinski definition) is 3. The van der Waals surface area contributed by atoms with E-state index in [1.807, 2.05) is 0 Å². The summed E-state index contributed by atoms with van der Waals surface area (Å²) in [7, 11) is 0. The predicted octanol–water partition coefficient (Wildman–Crippen LogP) is 2.16. The lowest BCUT2D eigenvalue weighted by molar-refractivity contribution is -0.0507. The predicted molar refractivity (Wildman–Crippen MR) is 60.5 cm³/mol. The SMILES string of the molecule is Cc1cc(C(=O)NCC#N)cc(C)c1OC(F)F. The van der Waals surface area contributed by atoms with E-state index in [0.29, 0.717) is 16.7 Å². The van der Waals surface area contributed by atoms with E-state index in [0.717, 1.165) is 0 Å². The molecule has 0 saturated carbocycles. The Bertz CT molecular complexity index is 472. The van der Waals surface area contributed by atoms with Crippen molar-refractivity contribution in [3.05, 3.63) is 28.8 Å². The summed E-state index contributed by atoms with van der Waals surface area (Å²) < 4.78 is 28.7. The molecule has 0 atom stereocenters. The summed E-state index contributed by atoms with van der Waals surface area (Å²) in [6.45, 7) is 0.143. The monoisotopic (exact) mass is 254 g/mol. The second-order valence-corrected chi connectivity index (χ2v) is 3.66. The van der Waals surface area contributed by atoms with Crippen LogP contribution in [0.4, 0.5) is 8.78 Å². The summed E-state index contributed by atoms with van der Waals surface area (Å²) in [6.07, 6.45) is 0. The van der Waals surface area contributed by atoms with E-state index in [4.69, 9.17) is 5.26 Å². The van der Waals surface area contributed by atoms with Crippen molar-refractivity contribution in [1.29, 1.82) is 5.26 Å². The summed E-state index contributed by atoms with van der Waals surface area (Å²) in [5, 5.41) is 10.7. The van der Waals surface area contributed by atoms with Gasteiger partial charge in [-0.05, 0) is 37.1 Å². The maximum atomic E-state index is 12.2. The van der Waals surface area contributed by atoms with Crippen molar-refractivity contribution in [3.8, 4) is 11.8 Å². The van der Waals surface area contributed by atoms with Crippen LogP contribution in [0.25, 0.3) is 0 Å². The molecule has 0 heterocycles. The number of nitriles is 1. The van der Waals surface area contributed by atoms with E-state index in [9.17, 15) is 13.6 Å². The molecule has 18 heavy (non-hydrogen) atoms. The highest BCUT2D eigenvalue weighted by Gasteiger charge is 2.14. The first kappa shape index (κ1) is 13.9. The first-order valence-electron chi connectivity index (χ1n) is 5.17. The first-order valence-corrected chi connectivity index (χ1v) is 5.17. The molecule has 1 rings (SSSR count). The van der Waals surface area contributed by atoms with Gasteiger partial charge in [-0.3, -0.25) is 4.79 Å². The third-order valence-corrected chi connectivity index (χ3v) is 2.26. The van der Waals surface area contributed by atoms with Gasteiger partial charge in [-0.2, -0.15) is 14.0 Å². The lowest BCUT2D eigenvalue weighted by Crippen LogP contribution is -2.23. The van der Waals surface area contributed by atoms with Crippen LogP contribution in [0.3, 0.4) is 0 Å². The van der Waals surface area contributed by atoms with Gasteiger partial charge in [-0.15, -0.1) is 0 Å². The molecule has 0 aliphatic rings. The number of amides is 1. The molecule has 0 aromatic heterocycles. The first-order chi connectivity index (χ1) is 8.45. The Morgan fingerprint density at radius 1 is 1.44 bits per heavy atom. The van der Waals surface area contributed by atoms with Crippen LogP contribution in [0.15, 0.2) is 12.1 Å². The fourth-order valence-electron chi connectivity index (χ4n) is 1.58. The molecule has 0 unspecified atom stereocenters. The van der Waals surface area contributed by atoms with Gasteiger partial charge in [0.15, 0.2) is 0 Å². The standard InChI is InChI=1S/C12H12F2N2O2/c1-7-5-9(11(17)16-4-3-15)6-8(2)10(7)18-12(13)14/h5-6,12H,4H2,1-2H3,(H,16,17). The van der Waals surface area contributed by atoms with Crippen LogP contribution in [-0.2, 0) is 0 Å². The highest BCUT2D eigenvalue weighted by molar-refractivity contribution is 5.95. The Labute approximate surface area is 103 Å². The topological polar surface area (TPSA) is 62.1 Å². The molecule has 0 aliphatic heterocycles. The lowest BCUT2D eigenvalue weighted by Gasteiger charge is -2.12. The third-order valence-electron chi connectivity index (χ3n) is 2.26. The molecule has 0 aliphatic carbocycles. The summed E-state index contributed by atoms with van der Waals surface area (Å²) in [5.41, 5.74) is 1.19. The number of hydrogen-bond donors (Lipinski definition) is 1. The molecule has 0 radical (unpaired) electrons. The number of carbonyl (C=O) groups excluding carboxylic acids is 1. The molecule has 1 N–H and O–H groups in total. The smallest absolute Gasteiger partial charge is 0.387 e. The van der Waals surface area contributed by atoms with Crippen molar-refractivity contribution in [2.75, 3.05) is 6.54 Å². The normalized spacial score (nSPS) is 10.0. The van der Waals surface area contributed by atoms with Crippen LogP contribution in [0.2, 0.25) is 0 Å². The Morgan fingerprint density at radius 2 is 2.00 bits per heavy atom. The molecule has 6 heteroatoms. The zero-order valence-corrected chi connectivity index (χ0v) is 9.96. The number of aryl methyl sites for hydroxylation is 2. The van der Waals surface area contributed by atoms with E-state index in [1.54, 1.807) is 19.9 Å². The average Bonchev–Trinajstić information content (AvgIpc) is 2.30. The van der Waals surface area contributed by atoms with E-state index < -0.39 is 12.5 Å². The van der Waals surface area contributed by atoms with Gasteiger partial charge in [0.25, 0.3) is 5.91 Å². The van der Waals surface area contributed by atoms with Crippen LogP contribution in [0, 0.1) is 25.2 Å². The number of alkyl halides is 2. The molecule has 0 fully saturated rings. The largest absolute Gasteiger partial charge is 0.434 e. The Hall–Kier alpha value is -2.16. The van der Waals surface area contributed by atoms with Gasteiger partial charge in [0, 0.05) is 5.56 Å². The second-order valence-electron chi connectivity index (χ2n) is 3.66. The van der Waals surface area contributed by atoms with Gasteiger partial charge in [0.2, 0.25) is 0 Å². The molecular weight excluding hydrogens is 242 g/mol. The number of rotatable bonds is 4. The van der Waals surface area contributed by atoms with Crippen molar-refractivity contribution in [2.45, 2.75) is 20.5 Å². The van der Waals surface area contributed by atoms with E-state index in [1.165, 1.54) is 12.1 Å². The van der Waals surface area contributed by atoms with Crippen LogP contribution >= 0.6 is 0 Å². The molecule has 1 aromatic rings. The third kappa shape index (κ3) is 3.42. The minimum atomic E-state index is -2.90. The van der Waals surface area contributed by atoms with Crippen molar-refractivity contribution in [1.82, 2.24) is 5.32 Å². The maximum Gasteiger partial charge on any atom is 0.387 e. The van der Waals surface area contributed by atoms with Crippen molar-refractivity contribution in [3.63, 3.8) is 0 Å².